The smallest absolute Gasteiger partial charge is 0.277 e. The van der Waals surface area contributed by atoms with E-state index in [-0.39, 0.29) is 18.4 Å². The molecule has 0 fully saturated rings. The molecule has 0 spiro atoms. The van der Waals surface area contributed by atoms with E-state index in [2.05, 4.69) is 0 Å². The number of hydrogen-bond acceptors (Lipinski definition) is 5. The Balaban J connectivity index is 1.61. The van der Waals surface area contributed by atoms with Gasteiger partial charge in [-0.3, -0.25) is 14.5 Å². The summed E-state index contributed by atoms with van der Waals surface area (Å²) in [5, 5.41) is 0. The lowest BCUT2D eigenvalue weighted by Gasteiger charge is -2.21. The molecular formula is C28H28N2O4. The number of carbonyl (C=O) groups excluding carboxylic acids is 2. The van der Waals surface area contributed by atoms with Gasteiger partial charge in [-0.2, -0.15) is 0 Å². The predicted octanol–water partition coefficient (Wildman–Crippen LogP) is 4.16. The number of likely N-dealkylation sites (N-methyl/N-ethyl adjacent to an activating group) is 1. The van der Waals surface area contributed by atoms with E-state index >= 15 is 0 Å². The standard InChI is InChI=1S/C28H28N2O4/c1-29(19-21-10-6-4-7-11-21)26-25(22-12-8-5-9-13-22)27(31)30(28(26)32)17-16-20-14-15-23(33-2)24(18-20)34-3/h4-15,18H,16-17,19H2,1-3H3. The molecule has 34 heavy (non-hydrogen) atoms. The zero-order valence-corrected chi connectivity index (χ0v) is 19.7. The molecule has 0 radical (unpaired) electrons. The summed E-state index contributed by atoms with van der Waals surface area (Å²) in [5.74, 6) is 0.706. The normalized spacial score (nSPS) is 13.4. The summed E-state index contributed by atoms with van der Waals surface area (Å²) in [5.41, 5.74) is 3.62. The Hall–Kier alpha value is -4.06. The summed E-state index contributed by atoms with van der Waals surface area (Å²) >= 11 is 0. The van der Waals surface area contributed by atoms with Crippen LogP contribution in [0.3, 0.4) is 0 Å². The number of carbonyl (C=O) groups is 2. The molecule has 0 atom stereocenters. The lowest BCUT2D eigenvalue weighted by molar-refractivity contribution is -0.137. The van der Waals surface area contributed by atoms with Gasteiger partial charge in [-0.1, -0.05) is 66.7 Å². The second-order valence-corrected chi connectivity index (χ2v) is 8.13. The van der Waals surface area contributed by atoms with Crippen molar-refractivity contribution in [1.82, 2.24) is 9.80 Å². The molecule has 0 aliphatic carbocycles. The molecule has 0 aromatic heterocycles. The molecule has 6 heteroatoms. The third-order valence-corrected chi connectivity index (χ3v) is 5.92. The predicted molar refractivity (Wildman–Crippen MR) is 131 cm³/mol. The summed E-state index contributed by atoms with van der Waals surface area (Å²) in [6.07, 6.45) is 0.510. The maximum Gasteiger partial charge on any atom is 0.277 e. The highest BCUT2D eigenvalue weighted by atomic mass is 16.5. The fourth-order valence-electron chi connectivity index (χ4n) is 4.20. The van der Waals surface area contributed by atoms with Crippen molar-refractivity contribution >= 4 is 17.4 Å². The summed E-state index contributed by atoms with van der Waals surface area (Å²) in [7, 11) is 5.03. The van der Waals surface area contributed by atoms with Crippen LogP contribution in [0.5, 0.6) is 11.5 Å². The fraction of sp³-hybridized carbons (Fsp3) is 0.214. The lowest BCUT2D eigenvalue weighted by Crippen LogP contribution is -2.35. The largest absolute Gasteiger partial charge is 0.493 e. The Kier molecular flexibility index (Phi) is 6.97. The van der Waals surface area contributed by atoms with Crippen molar-refractivity contribution in [2.75, 3.05) is 27.8 Å². The number of ether oxygens (including phenoxy) is 2. The second-order valence-electron chi connectivity index (χ2n) is 8.13. The molecular weight excluding hydrogens is 428 g/mol. The van der Waals surface area contributed by atoms with Gasteiger partial charge < -0.3 is 14.4 Å². The lowest BCUT2D eigenvalue weighted by atomic mass is 10.0. The molecule has 1 aliphatic rings. The van der Waals surface area contributed by atoms with Crippen molar-refractivity contribution in [2.45, 2.75) is 13.0 Å². The van der Waals surface area contributed by atoms with E-state index in [1.807, 2.05) is 90.8 Å². The highest BCUT2D eigenvalue weighted by molar-refractivity contribution is 6.35. The second kappa shape index (κ2) is 10.3. The first kappa shape index (κ1) is 23.1. The van der Waals surface area contributed by atoms with Crippen LogP contribution in [-0.4, -0.2) is 49.4 Å². The molecule has 0 unspecified atom stereocenters. The maximum absolute atomic E-state index is 13.5. The SMILES string of the molecule is COc1ccc(CCN2C(=O)C(c3ccccc3)=C(N(C)Cc3ccccc3)C2=O)cc1OC. The number of hydrogen-bond donors (Lipinski definition) is 0. The average molecular weight is 457 g/mol. The monoisotopic (exact) mass is 456 g/mol. The molecule has 1 heterocycles. The van der Waals surface area contributed by atoms with Gasteiger partial charge in [0.05, 0.1) is 19.8 Å². The molecule has 3 aromatic rings. The minimum Gasteiger partial charge on any atom is -0.493 e. The Morgan fingerprint density at radius 3 is 2.06 bits per heavy atom. The summed E-state index contributed by atoms with van der Waals surface area (Å²) < 4.78 is 10.7. The first-order valence-corrected chi connectivity index (χ1v) is 11.1. The van der Waals surface area contributed by atoms with Gasteiger partial charge in [0.1, 0.15) is 5.70 Å². The van der Waals surface area contributed by atoms with Gasteiger partial charge in [0.15, 0.2) is 11.5 Å². The van der Waals surface area contributed by atoms with Crippen LogP contribution in [0.2, 0.25) is 0 Å². The van der Waals surface area contributed by atoms with E-state index in [1.54, 1.807) is 14.2 Å². The quantitative estimate of drug-likeness (QED) is 0.453. The number of amides is 2. The van der Waals surface area contributed by atoms with Crippen LogP contribution in [0.1, 0.15) is 16.7 Å². The minimum atomic E-state index is -0.275. The summed E-state index contributed by atoms with van der Waals surface area (Å²) in [6, 6.07) is 24.9. The fourth-order valence-corrected chi connectivity index (χ4v) is 4.20. The van der Waals surface area contributed by atoms with E-state index < -0.39 is 0 Å². The number of imide groups is 1. The Morgan fingerprint density at radius 2 is 1.41 bits per heavy atom. The first-order chi connectivity index (χ1) is 16.5. The number of benzene rings is 3. The van der Waals surface area contributed by atoms with Crippen molar-refractivity contribution in [3.63, 3.8) is 0 Å². The van der Waals surface area contributed by atoms with Crippen molar-refractivity contribution < 1.29 is 19.1 Å². The van der Waals surface area contributed by atoms with Crippen LogP contribution in [0, 0.1) is 0 Å². The van der Waals surface area contributed by atoms with E-state index in [0.29, 0.717) is 35.7 Å². The van der Waals surface area contributed by atoms with Gasteiger partial charge in [0.25, 0.3) is 11.8 Å². The van der Waals surface area contributed by atoms with Crippen molar-refractivity contribution in [2.24, 2.45) is 0 Å². The van der Waals surface area contributed by atoms with Crippen molar-refractivity contribution in [3.8, 4) is 11.5 Å². The number of rotatable bonds is 9. The molecule has 6 nitrogen and oxygen atoms in total. The van der Waals surface area contributed by atoms with Gasteiger partial charge in [-0.15, -0.1) is 0 Å². The van der Waals surface area contributed by atoms with E-state index in [1.165, 1.54) is 4.90 Å². The van der Waals surface area contributed by atoms with Crippen LogP contribution in [0.15, 0.2) is 84.6 Å². The van der Waals surface area contributed by atoms with Gasteiger partial charge in [0, 0.05) is 20.1 Å². The molecule has 3 aromatic carbocycles. The van der Waals surface area contributed by atoms with Gasteiger partial charge in [-0.25, -0.2) is 0 Å². The topological polar surface area (TPSA) is 59.1 Å². The summed E-state index contributed by atoms with van der Waals surface area (Å²) in [4.78, 5) is 30.3. The molecule has 2 amide bonds. The molecule has 0 N–H and O–H groups in total. The van der Waals surface area contributed by atoms with E-state index in [0.717, 1.165) is 16.7 Å². The average Bonchev–Trinajstić information content (AvgIpc) is 3.13. The van der Waals surface area contributed by atoms with Crippen molar-refractivity contribution in [1.29, 1.82) is 0 Å². The Labute approximate surface area is 200 Å². The highest BCUT2D eigenvalue weighted by Gasteiger charge is 2.40. The van der Waals surface area contributed by atoms with E-state index in [4.69, 9.17) is 9.47 Å². The van der Waals surface area contributed by atoms with Gasteiger partial charge in [-0.05, 0) is 35.2 Å². The zero-order valence-electron chi connectivity index (χ0n) is 19.7. The minimum absolute atomic E-state index is 0.270. The Bertz CT molecular complexity index is 1210. The third kappa shape index (κ3) is 4.66. The number of nitrogens with zero attached hydrogens (tertiary/aromatic N) is 2. The van der Waals surface area contributed by atoms with Crippen LogP contribution in [0.4, 0.5) is 0 Å². The van der Waals surface area contributed by atoms with Crippen LogP contribution < -0.4 is 9.47 Å². The molecule has 0 saturated heterocycles. The molecule has 0 saturated carbocycles. The van der Waals surface area contributed by atoms with Crippen LogP contribution in [0.25, 0.3) is 5.57 Å². The zero-order chi connectivity index (χ0) is 24.1. The Morgan fingerprint density at radius 1 is 0.765 bits per heavy atom. The highest BCUT2D eigenvalue weighted by Crippen LogP contribution is 2.32. The maximum atomic E-state index is 13.5. The van der Waals surface area contributed by atoms with Crippen molar-refractivity contribution in [3.05, 3.63) is 101 Å². The van der Waals surface area contributed by atoms with Crippen LogP contribution >= 0.6 is 0 Å². The summed E-state index contributed by atoms with van der Waals surface area (Å²) in [6.45, 7) is 0.793. The number of methoxy groups -OCH3 is 2. The van der Waals surface area contributed by atoms with Gasteiger partial charge in [0.2, 0.25) is 0 Å². The first-order valence-electron chi connectivity index (χ1n) is 11.1. The van der Waals surface area contributed by atoms with Gasteiger partial charge >= 0.3 is 0 Å². The molecule has 174 valence electrons. The van der Waals surface area contributed by atoms with Crippen LogP contribution in [-0.2, 0) is 22.6 Å². The van der Waals surface area contributed by atoms with E-state index in [9.17, 15) is 9.59 Å². The molecule has 1 aliphatic heterocycles. The molecule has 0 bridgehead atoms. The third-order valence-electron chi connectivity index (χ3n) is 5.92. The molecule has 4 rings (SSSR count).